The number of furan rings is 1. The summed E-state index contributed by atoms with van der Waals surface area (Å²) in [6.07, 6.45) is 1.33. The summed E-state index contributed by atoms with van der Waals surface area (Å²) in [6, 6.07) is 21.4. The van der Waals surface area contributed by atoms with Gasteiger partial charge in [0, 0.05) is 11.1 Å². The topological polar surface area (TPSA) is 119 Å². The highest BCUT2D eigenvalue weighted by atomic mass is 16.6. The van der Waals surface area contributed by atoms with E-state index in [2.05, 4.69) is 15.8 Å². The number of nitro benzene ring substituents is 1. The molecule has 0 bridgehead atoms. The lowest BCUT2D eigenvalue weighted by Crippen LogP contribution is -2.25. The van der Waals surface area contributed by atoms with Crippen molar-refractivity contribution in [1.29, 1.82) is 0 Å². The van der Waals surface area contributed by atoms with Gasteiger partial charge in [-0.1, -0.05) is 36.4 Å². The molecule has 9 nitrogen and oxygen atoms in total. The first-order chi connectivity index (χ1) is 16.0. The Balaban J connectivity index is 1.38. The summed E-state index contributed by atoms with van der Waals surface area (Å²) >= 11 is 0. The van der Waals surface area contributed by atoms with Gasteiger partial charge < -0.3 is 14.5 Å². The van der Waals surface area contributed by atoms with Gasteiger partial charge in [-0.3, -0.25) is 14.9 Å². The standard InChI is InChI=1S/C24H20N4O5/c1-32-17-9-11-20(22(13-17)28(30)31)23-12-10-18(33-23)14-26-27-24(29)15-25-21-8-4-6-16-5-2-3-7-19(16)21/h2-14,25H,15H2,1H3,(H,27,29)/b26-14-. The number of ether oxygens (including phenoxy) is 1. The van der Waals surface area contributed by atoms with Crippen LogP contribution in [-0.4, -0.2) is 30.7 Å². The molecule has 0 spiro atoms. The number of nitrogens with zero attached hydrogens (tertiary/aromatic N) is 2. The Hall–Kier alpha value is -4.66. The maximum Gasteiger partial charge on any atom is 0.284 e. The smallest absolute Gasteiger partial charge is 0.284 e. The van der Waals surface area contributed by atoms with Crippen LogP contribution in [0.15, 0.2) is 82.3 Å². The number of hydrazone groups is 1. The predicted molar refractivity (Wildman–Crippen MR) is 126 cm³/mol. The number of benzene rings is 3. The molecule has 3 aromatic carbocycles. The van der Waals surface area contributed by atoms with Gasteiger partial charge in [-0.25, -0.2) is 5.43 Å². The number of methoxy groups -OCH3 is 1. The van der Waals surface area contributed by atoms with E-state index in [0.717, 1.165) is 16.5 Å². The zero-order valence-corrected chi connectivity index (χ0v) is 17.6. The van der Waals surface area contributed by atoms with Crippen LogP contribution < -0.4 is 15.5 Å². The molecule has 166 valence electrons. The molecule has 0 saturated carbocycles. The van der Waals surface area contributed by atoms with E-state index in [-0.39, 0.29) is 18.1 Å². The van der Waals surface area contributed by atoms with Crippen molar-refractivity contribution in [1.82, 2.24) is 5.43 Å². The number of carbonyl (C=O) groups excluding carboxylic acids is 1. The van der Waals surface area contributed by atoms with Crippen LogP contribution in [-0.2, 0) is 4.79 Å². The van der Waals surface area contributed by atoms with Crippen LogP contribution in [0.2, 0.25) is 0 Å². The van der Waals surface area contributed by atoms with Gasteiger partial charge in [0.15, 0.2) is 0 Å². The first kappa shape index (κ1) is 21.6. The van der Waals surface area contributed by atoms with E-state index in [9.17, 15) is 14.9 Å². The van der Waals surface area contributed by atoms with Crippen molar-refractivity contribution in [2.45, 2.75) is 0 Å². The molecule has 9 heteroatoms. The fraction of sp³-hybridized carbons (Fsp3) is 0.0833. The van der Waals surface area contributed by atoms with Gasteiger partial charge >= 0.3 is 0 Å². The van der Waals surface area contributed by atoms with Crippen molar-refractivity contribution in [2.75, 3.05) is 19.0 Å². The second-order valence-electron chi connectivity index (χ2n) is 7.02. The molecule has 4 aromatic rings. The quantitative estimate of drug-likeness (QED) is 0.233. The summed E-state index contributed by atoms with van der Waals surface area (Å²) in [5.74, 6) is 0.669. The number of hydrogen-bond donors (Lipinski definition) is 2. The van der Waals surface area contributed by atoms with Crippen LogP contribution in [0, 0.1) is 10.1 Å². The van der Waals surface area contributed by atoms with Crippen molar-refractivity contribution >= 4 is 34.3 Å². The molecule has 0 aliphatic rings. The summed E-state index contributed by atoms with van der Waals surface area (Å²) in [7, 11) is 1.44. The molecule has 0 unspecified atom stereocenters. The highest BCUT2D eigenvalue weighted by molar-refractivity contribution is 5.95. The summed E-state index contributed by atoms with van der Waals surface area (Å²) in [5, 5.41) is 20.5. The molecular weight excluding hydrogens is 424 g/mol. The molecule has 0 atom stereocenters. The van der Waals surface area contributed by atoms with E-state index in [1.807, 2.05) is 42.5 Å². The number of nitro groups is 1. The monoisotopic (exact) mass is 444 g/mol. The van der Waals surface area contributed by atoms with Crippen LogP contribution in [0.5, 0.6) is 5.75 Å². The predicted octanol–water partition coefficient (Wildman–Crippen LogP) is 4.58. The van der Waals surface area contributed by atoms with Gasteiger partial charge in [-0.15, -0.1) is 0 Å². The minimum Gasteiger partial charge on any atom is -0.497 e. The zero-order valence-electron chi connectivity index (χ0n) is 17.6. The molecule has 0 aliphatic heterocycles. The van der Waals surface area contributed by atoms with Crippen LogP contribution in [0.1, 0.15) is 5.76 Å². The Morgan fingerprint density at radius 1 is 1.12 bits per heavy atom. The molecule has 0 radical (unpaired) electrons. The highest BCUT2D eigenvalue weighted by Gasteiger charge is 2.19. The Kier molecular flexibility index (Phi) is 6.31. The fourth-order valence-electron chi connectivity index (χ4n) is 3.33. The number of rotatable bonds is 8. The van der Waals surface area contributed by atoms with Crippen molar-refractivity contribution in [3.8, 4) is 17.1 Å². The summed E-state index contributed by atoms with van der Waals surface area (Å²) in [4.78, 5) is 23.0. The van der Waals surface area contributed by atoms with Crippen molar-refractivity contribution in [3.05, 3.63) is 88.7 Å². The Morgan fingerprint density at radius 2 is 1.94 bits per heavy atom. The minimum absolute atomic E-state index is 0.0345. The SMILES string of the molecule is COc1ccc(-c2ccc(/C=N\NC(=O)CNc3cccc4ccccc34)o2)c([N+](=O)[O-])c1. The van der Waals surface area contributed by atoms with Gasteiger partial charge in [0.05, 0.1) is 36.4 Å². The summed E-state index contributed by atoms with van der Waals surface area (Å²) in [6.45, 7) is 0.0345. The third kappa shape index (κ3) is 4.99. The van der Waals surface area contributed by atoms with Crippen molar-refractivity contribution in [2.24, 2.45) is 5.10 Å². The zero-order chi connectivity index (χ0) is 23.2. The van der Waals surface area contributed by atoms with E-state index in [4.69, 9.17) is 9.15 Å². The molecule has 0 aliphatic carbocycles. The van der Waals surface area contributed by atoms with E-state index in [1.54, 1.807) is 24.3 Å². The molecule has 1 aromatic heterocycles. The first-order valence-corrected chi connectivity index (χ1v) is 10.0. The molecule has 1 amide bonds. The van der Waals surface area contributed by atoms with E-state index in [1.165, 1.54) is 19.4 Å². The van der Waals surface area contributed by atoms with Crippen molar-refractivity contribution < 1.29 is 18.9 Å². The molecule has 0 saturated heterocycles. The van der Waals surface area contributed by atoms with Crippen LogP contribution >= 0.6 is 0 Å². The van der Waals surface area contributed by atoms with Gasteiger partial charge in [-0.05, 0) is 35.7 Å². The maximum absolute atomic E-state index is 12.1. The number of carbonyl (C=O) groups is 1. The molecule has 33 heavy (non-hydrogen) atoms. The van der Waals surface area contributed by atoms with Crippen molar-refractivity contribution in [3.63, 3.8) is 0 Å². The first-order valence-electron chi connectivity index (χ1n) is 10.0. The summed E-state index contributed by atoms with van der Waals surface area (Å²) < 4.78 is 10.7. The average Bonchev–Trinajstić information content (AvgIpc) is 3.31. The largest absolute Gasteiger partial charge is 0.497 e. The number of amides is 1. The number of nitrogens with one attached hydrogen (secondary N) is 2. The van der Waals surface area contributed by atoms with Gasteiger partial charge in [-0.2, -0.15) is 5.10 Å². The second kappa shape index (κ2) is 9.65. The molecule has 2 N–H and O–H groups in total. The van der Waals surface area contributed by atoms with Gasteiger partial charge in [0.25, 0.3) is 11.6 Å². The average molecular weight is 444 g/mol. The third-order valence-electron chi connectivity index (χ3n) is 4.90. The Labute approximate surface area is 188 Å². The number of fused-ring (bicyclic) bond motifs is 1. The van der Waals surface area contributed by atoms with E-state index in [0.29, 0.717) is 22.8 Å². The Morgan fingerprint density at radius 3 is 2.76 bits per heavy atom. The Bertz CT molecular complexity index is 1340. The normalized spacial score (nSPS) is 10.9. The minimum atomic E-state index is -0.503. The molecule has 4 rings (SSSR count). The number of anilines is 1. The lowest BCUT2D eigenvalue weighted by Gasteiger charge is -2.08. The molecule has 1 heterocycles. The lowest BCUT2D eigenvalue weighted by atomic mass is 10.1. The van der Waals surface area contributed by atoms with Crippen LogP contribution in [0.25, 0.3) is 22.1 Å². The van der Waals surface area contributed by atoms with Crippen LogP contribution in [0.4, 0.5) is 11.4 Å². The van der Waals surface area contributed by atoms with E-state index >= 15 is 0 Å². The molecule has 0 fully saturated rings. The van der Waals surface area contributed by atoms with Gasteiger partial charge in [0.1, 0.15) is 17.3 Å². The van der Waals surface area contributed by atoms with E-state index < -0.39 is 4.92 Å². The lowest BCUT2D eigenvalue weighted by molar-refractivity contribution is -0.384. The number of hydrogen-bond acceptors (Lipinski definition) is 7. The molecular formula is C24H20N4O5. The van der Waals surface area contributed by atoms with Crippen LogP contribution in [0.3, 0.4) is 0 Å². The second-order valence-corrected chi connectivity index (χ2v) is 7.02. The summed E-state index contributed by atoms with van der Waals surface area (Å²) in [5.41, 5.74) is 3.45. The third-order valence-corrected chi connectivity index (χ3v) is 4.90. The van der Waals surface area contributed by atoms with Gasteiger partial charge in [0.2, 0.25) is 0 Å². The highest BCUT2D eigenvalue weighted by Crippen LogP contribution is 2.33. The fourth-order valence-corrected chi connectivity index (χ4v) is 3.33. The maximum atomic E-state index is 12.1.